The Labute approximate surface area is 99.9 Å². The van der Waals surface area contributed by atoms with Gasteiger partial charge < -0.3 is 15.5 Å². The number of ether oxygens (including phenoxy) is 1. The number of anilines is 2. The Hall–Kier alpha value is -1.40. The first-order valence-corrected chi connectivity index (χ1v) is 6.03. The fourth-order valence-electron chi connectivity index (χ4n) is 2.67. The van der Waals surface area contributed by atoms with E-state index >= 15 is 0 Å². The van der Waals surface area contributed by atoms with E-state index in [1.807, 2.05) is 6.07 Å². The molecule has 0 aromatic carbocycles. The maximum atomic E-state index is 5.68. The summed E-state index contributed by atoms with van der Waals surface area (Å²) in [6.07, 6.45) is 5.44. The van der Waals surface area contributed by atoms with Crippen molar-refractivity contribution < 1.29 is 4.74 Å². The van der Waals surface area contributed by atoms with Crippen molar-refractivity contribution in [3.05, 3.63) is 12.4 Å². The standard InChI is InChI=1S/C11H17N5O/c12-16-11-5-10(13-6-14-11)15-8-4-9-7(8)2-1-3-17-9/h5-9H,1-4,12H2,(H2,13,14,15,16). The fraction of sp³-hybridized carbons (Fsp3) is 0.636. The lowest BCUT2D eigenvalue weighted by Gasteiger charge is -2.47. The summed E-state index contributed by atoms with van der Waals surface area (Å²) >= 11 is 0. The monoisotopic (exact) mass is 235 g/mol. The van der Waals surface area contributed by atoms with E-state index in [4.69, 9.17) is 10.6 Å². The van der Waals surface area contributed by atoms with Crippen LogP contribution in [0.4, 0.5) is 11.6 Å². The Kier molecular flexibility index (Phi) is 2.82. The molecule has 1 aliphatic carbocycles. The maximum Gasteiger partial charge on any atom is 0.145 e. The molecule has 2 aliphatic rings. The smallest absolute Gasteiger partial charge is 0.145 e. The van der Waals surface area contributed by atoms with Crippen LogP contribution in [0.15, 0.2) is 12.4 Å². The van der Waals surface area contributed by atoms with E-state index in [1.165, 1.54) is 19.2 Å². The molecule has 3 unspecified atom stereocenters. The minimum atomic E-state index is 0.454. The molecule has 92 valence electrons. The summed E-state index contributed by atoms with van der Waals surface area (Å²) in [6, 6.07) is 2.29. The second kappa shape index (κ2) is 4.46. The topological polar surface area (TPSA) is 85.1 Å². The van der Waals surface area contributed by atoms with Crippen LogP contribution in [0.1, 0.15) is 19.3 Å². The number of hydrogen-bond donors (Lipinski definition) is 3. The number of nitrogen functional groups attached to an aromatic ring is 1. The molecule has 2 fully saturated rings. The summed E-state index contributed by atoms with van der Waals surface area (Å²) in [4.78, 5) is 8.17. The molecule has 1 aromatic rings. The Balaban J connectivity index is 1.63. The van der Waals surface area contributed by atoms with E-state index in [9.17, 15) is 0 Å². The Bertz CT molecular complexity index is 399. The van der Waals surface area contributed by atoms with Crippen LogP contribution in [0.2, 0.25) is 0 Å². The zero-order valence-electron chi connectivity index (χ0n) is 9.60. The molecule has 0 spiro atoms. The van der Waals surface area contributed by atoms with Crippen molar-refractivity contribution >= 4 is 11.6 Å². The number of nitrogens with two attached hydrogens (primary N) is 1. The van der Waals surface area contributed by atoms with Gasteiger partial charge in [-0.3, -0.25) is 0 Å². The molecule has 1 saturated carbocycles. The maximum absolute atomic E-state index is 5.68. The van der Waals surface area contributed by atoms with E-state index in [2.05, 4.69) is 20.7 Å². The van der Waals surface area contributed by atoms with Crippen LogP contribution < -0.4 is 16.6 Å². The third-order valence-corrected chi connectivity index (χ3v) is 3.64. The third-order valence-electron chi connectivity index (χ3n) is 3.64. The lowest BCUT2D eigenvalue weighted by Crippen LogP contribution is -2.53. The van der Waals surface area contributed by atoms with Crippen molar-refractivity contribution in [2.75, 3.05) is 17.3 Å². The quantitative estimate of drug-likeness (QED) is 0.529. The van der Waals surface area contributed by atoms with Crippen LogP contribution in [-0.2, 0) is 4.74 Å². The van der Waals surface area contributed by atoms with Crippen molar-refractivity contribution in [3.63, 3.8) is 0 Å². The number of hydrogen-bond acceptors (Lipinski definition) is 6. The van der Waals surface area contributed by atoms with Gasteiger partial charge in [0, 0.05) is 24.6 Å². The van der Waals surface area contributed by atoms with E-state index in [1.54, 1.807) is 0 Å². The summed E-state index contributed by atoms with van der Waals surface area (Å²) < 4.78 is 5.68. The van der Waals surface area contributed by atoms with E-state index < -0.39 is 0 Å². The summed E-state index contributed by atoms with van der Waals surface area (Å²) in [7, 11) is 0. The van der Waals surface area contributed by atoms with Gasteiger partial charge in [-0.1, -0.05) is 0 Å². The third kappa shape index (κ3) is 2.05. The lowest BCUT2D eigenvalue weighted by molar-refractivity contribution is -0.0898. The van der Waals surface area contributed by atoms with Crippen LogP contribution in [0.5, 0.6) is 0 Å². The fourth-order valence-corrected chi connectivity index (χ4v) is 2.67. The van der Waals surface area contributed by atoms with Gasteiger partial charge >= 0.3 is 0 Å². The first-order chi connectivity index (χ1) is 8.36. The molecule has 3 atom stereocenters. The lowest BCUT2D eigenvalue weighted by atomic mass is 9.72. The van der Waals surface area contributed by atoms with E-state index in [0.717, 1.165) is 18.8 Å². The SMILES string of the molecule is NNc1cc(NC2CC3OCCCC23)ncn1. The second-order valence-corrected chi connectivity index (χ2v) is 4.63. The molecule has 3 rings (SSSR count). The molecular weight excluding hydrogens is 218 g/mol. The number of hydrazine groups is 1. The number of fused-ring (bicyclic) bond motifs is 1. The summed E-state index contributed by atoms with van der Waals surface area (Å²) in [5.41, 5.74) is 2.52. The van der Waals surface area contributed by atoms with Gasteiger partial charge in [-0.2, -0.15) is 0 Å². The van der Waals surface area contributed by atoms with Crippen molar-refractivity contribution in [1.82, 2.24) is 9.97 Å². The van der Waals surface area contributed by atoms with Gasteiger partial charge in [0.05, 0.1) is 6.10 Å². The molecule has 2 heterocycles. The Morgan fingerprint density at radius 3 is 3.06 bits per heavy atom. The average Bonchev–Trinajstić information content (AvgIpc) is 2.36. The van der Waals surface area contributed by atoms with Crippen molar-refractivity contribution in [3.8, 4) is 0 Å². The van der Waals surface area contributed by atoms with Gasteiger partial charge in [-0.15, -0.1) is 0 Å². The Morgan fingerprint density at radius 1 is 1.35 bits per heavy atom. The van der Waals surface area contributed by atoms with Gasteiger partial charge in [0.25, 0.3) is 0 Å². The van der Waals surface area contributed by atoms with Gasteiger partial charge in [-0.25, -0.2) is 15.8 Å². The van der Waals surface area contributed by atoms with Crippen molar-refractivity contribution in [2.45, 2.75) is 31.4 Å². The minimum absolute atomic E-state index is 0.454. The minimum Gasteiger partial charge on any atom is -0.378 e. The first kappa shape index (κ1) is 10.7. The average molecular weight is 235 g/mol. The second-order valence-electron chi connectivity index (χ2n) is 4.63. The predicted molar refractivity (Wildman–Crippen MR) is 64.3 cm³/mol. The van der Waals surface area contributed by atoms with Gasteiger partial charge in [0.15, 0.2) is 0 Å². The molecule has 17 heavy (non-hydrogen) atoms. The molecule has 6 nitrogen and oxygen atoms in total. The molecule has 0 radical (unpaired) electrons. The van der Waals surface area contributed by atoms with E-state index in [0.29, 0.717) is 23.9 Å². The number of nitrogens with one attached hydrogen (secondary N) is 2. The molecule has 1 aliphatic heterocycles. The summed E-state index contributed by atoms with van der Waals surface area (Å²) in [5.74, 6) is 7.39. The highest BCUT2D eigenvalue weighted by Gasteiger charge is 2.43. The summed E-state index contributed by atoms with van der Waals surface area (Å²) in [5, 5.41) is 3.43. The van der Waals surface area contributed by atoms with Crippen molar-refractivity contribution in [1.29, 1.82) is 0 Å². The molecule has 0 bridgehead atoms. The molecule has 4 N–H and O–H groups in total. The highest BCUT2D eigenvalue weighted by atomic mass is 16.5. The normalized spacial score (nSPS) is 31.2. The van der Waals surface area contributed by atoms with Gasteiger partial charge in [0.2, 0.25) is 0 Å². The summed E-state index contributed by atoms with van der Waals surface area (Å²) in [6.45, 7) is 0.919. The van der Waals surface area contributed by atoms with Crippen LogP contribution in [0.25, 0.3) is 0 Å². The zero-order valence-corrected chi connectivity index (χ0v) is 9.60. The van der Waals surface area contributed by atoms with Crippen LogP contribution in [-0.4, -0.2) is 28.7 Å². The van der Waals surface area contributed by atoms with Gasteiger partial charge in [0.1, 0.15) is 18.0 Å². The van der Waals surface area contributed by atoms with E-state index in [-0.39, 0.29) is 0 Å². The number of aromatic nitrogens is 2. The van der Waals surface area contributed by atoms with Crippen LogP contribution in [0.3, 0.4) is 0 Å². The highest BCUT2D eigenvalue weighted by Crippen LogP contribution is 2.39. The highest BCUT2D eigenvalue weighted by molar-refractivity contribution is 5.46. The zero-order chi connectivity index (χ0) is 11.7. The molecule has 0 amide bonds. The predicted octanol–water partition coefficient (Wildman–Crippen LogP) is 0.742. The van der Waals surface area contributed by atoms with Crippen LogP contribution in [0, 0.1) is 5.92 Å². The largest absolute Gasteiger partial charge is 0.378 e. The first-order valence-electron chi connectivity index (χ1n) is 6.03. The number of rotatable bonds is 3. The van der Waals surface area contributed by atoms with Crippen molar-refractivity contribution in [2.24, 2.45) is 11.8 Å². The molecular formula is C11H17N5O. The molecule has 1 aromatic heterocycles. The molecule has 6 heteroatoms. The number of nitrogens with zero attached hydrogens (tertiary/aromatic N) is 2. The molecule has 1 saturated heterocycles. The van der Waals surface area contributed by atoms with Gasteiger partial charge in [-0.05, 0) is 19.3 Å². The van der Waals surface area contributed by atoms with Crippen LogP contribution >= 0.6 is 0 Å². The Morgan fingerprint density at radius 2 is 2.24 bits per heavy atom.